The monoisotopic (exact) mass is 443 g/mol. The van der Waals surface area contributed by atoms with Crippen LogP contribution in [0.25, 0.3) is 0 Å². The molecule has 1 amide bonds. The second kappa shape index (κ2) is 8.98. The molecule has 1 aliphatic heterocycles. The first kappa shape index (κ1) is 20.6. The van der Waals surface area contributed by atoms with Gasteiger partial charge in [-0.1, -0.05) is 35.9 Å². The van der Waals surface area contributed by atoms with E-state index in [2.05, 4.69) is 0 Å². The third-order valence-corrected chi connectivity index (χ3v) is 6.25. The molecule has 0 aromatic heterocycles. The molecule has 1 heterocycles. The van der Waals surface area contributed by atoms with E-state index in [1.807, 2.05) is 24.3 Å². The molecule has 3 aromatic rings. The normalized spacial score (nSPS) is 16.0. The van der Waals surface area contributed by atoms with Crippen molar-refractivity contribution in [2.75, 3.05) is 17.8 Å². The molecule has 0 spiro atoms. The second-order valence-electron chi connectivity index (χ2n) is 6.69. The van der Waals surface area contributed by atoms with Gasteiger partial charge in [0.05, 0.1) is 12.9 Å². The Morgan fingerprint density at radius 1 is 1.10 bits per heavy atom. The average molecular weight is 444 g/mol. The Bertz CT molecular complexity index is 1060. The summed E-state index contributed by atoms with van der Waals surface area (Å²) in [6, 6.07) is 19.2. The Hall–Kier alpha value is -2.70. The number of benzene rings is 3. The summed E-state index contributed by atoms with van der Waals surface area (Å²) in [6.45, 7) is 0.0932. The van der Waals surface area contributed by atoms with E-state index < -0.39 is 0 Å². The zero-order valence-corrected chi connectivity index (χ0v) is 17.8. The van der Waals surface area contributed by atoms with Crippen LogP contribution in [0.4, 0.5) is 10.1 Å². The molecule has 0 N–H and O–H groups in total. The van der Waals surface area contributed by atoms with Gasteiger partial charge < -0.3 is 9.47 Å². The second-order valence-corrected chi connectivity index (χ2v) is 8.20. The lowest BCUT2D eigenvalue weighted by Gasteiger charge is -2.25. The van der Waals surface area contributed by atoms with Gasteiger partial charge in [0.15, 0.2) is 11.5 Å². The number of nitrogens with zero attached hydrogens (tertiary/aromatic N) is 1. The topological polar surface area (TPSA) is 38.8 Å². The number of halogens is 2. The molecule has 1 saturated heterocycles. The fourth-order valence-corrected chi connectivity index (χ4v) is 4.57. The Morgan fingerprint density at radius 3 is 2.60 bits per heavy atom. The molecule has 1 aliphatic rings. The van der Waals surface area contributed by atoms with E-state index in [0.717, 1.165) is 11.3 Å². The third-order valence-electron chi connectivity index (χ3n) is 4.79. The summed E-state index contributed by atoms with van der Waals surface area (Å²) in [5, 5.41) is 0.431. The lowest BCUT2D eigenvalue weighted by molar-refractivity contribution is -0.115. The van der Waals surface area contributed by atoms with Crippen LogP contribution >= 0.6 is 23.4 Å². The van der Waals surface area contributed by atoms with Crippen LogP contribution in [0, 0.1) is 5.82 Å². The molecule has 30 heavy (non-hydrogen) atoms. The number of ether oxygens (including phenoxy) is 2. The number of carbonyl (C=O) groups is 1. The maximum absolute atomic E-state index is 13.8. The fourth-order valence-electron chi connectivity index (χ4n) is 3.28. The van der Waals surface area contributed by atoms with Gasteiger partial charge in [0, 0.05) is 16.3 Å². The summed E-state index contributed by atoms with van der Waals surface area (Å²) in [5.41, 5.74) is 2.17. The van der Waals surface area contributed by atoms with Crippen molar-refractivity contribution >= 4 is 35.0 Å². The molecule has 154 valence electrons. The van der Waals surface area contributed by atoms with Gasteiger partial charge in [0.25, 0.3) is 0 Å². The molecule has 1 atom stereocenters. The Morgan fingerprint density at radius 2 is 1.87 bits per heavy atom. The summed E-state index contributed by atoms with van der Waals surface area (Å²) in [5.74, 6) is 1.15. The molecule has 0 radical (unpaired) electrons. The van der Waals surface area contributed by atoms with Crippen molar-refractivity contribution in [2.24, 2.45) is 0 Å². The highest BCUT2D eigenvalue weighted by atomic mass is 35.5. The summed E-state index contributed by atoms with van der Waals surface area (Å²) in [7, 11) is 1.55. The average Bonchev–Trinajstić information content (AvgIpc) is 3.15. The maximum Gasteiger partial charge on any atom is 0.238 e. The van der Waals surface area contributed by atoms with E-state index in [9.17, 15) is 9.18 Å². The first-order chi connectivity index (χ1) is 14.6. The van der Waals surface area contributed by atoms with E-state index >= 15 is 0 Å². The van der Waals surface area contributed by atoms with Gasteiger partial charge in [-0.2, -0.15) is 0 Å². The number of amides is 1. The quantitative estimate of drug-likeness (QED) is 0.479. The van der Waals surface area contributed by atoms with Gasteiger partial charge in [-0.05, 0) is 48.0 Å². The van der Waals surface area contributed by atoms with Gasteiger partial charge in [0.1, 0.15) is 17.8 Å². The van der Waals surface area contributed by atoms with Crippen molar-refractivity contribution < 1.29 is 18.7 Å². The van der Waals surface area contributed by atoms with E-state index in [0.29, 0.717) is 27.8 Å². The molecule has 1 fully saturated rings. The predicted molar refractivity (Wildman–Crippen MR) is 118 cm³/mol. The first-order valence-corrected chi connectivity index (χ1v) is 10.7. The summed E-state index contributed by atoms with van der Waals surface area (Å²) < 4.78 is 25.1. The van der Waals surface area contributed by atoms with Gasteiger partial charge >= 0.3 is 0 Å². The van der Waals surface area contributed by atoms with Crippen LogP contribution in [0.3, 0.4) is 0 Å². The number of rotatable bonds is 6. The van der Waals surface area contributed by atoms with E-state index in [-0.39, 0.29) is 23.7 Å². The number of methoxy groups -OCH3 is 1. The van der Waals surface area contributed by atoms with Gasteiger partial charge in [-0.25, -0.2) is 4.39 Å². The zero-order valence-electron chi connectivity index (χ0n) is 16.2. The summed E-state index contributed by atoms with van der Waals surface area (Å²) in [4.78, 5) is 14.3. The molecule has 4 nitrogen and oxygen atoms in total. The minimum Gasteiger partial charge on any atom is -0.493 e. The highest BCUT2D eigenvalue weighted by Gasteiger charge is 2.34. The van der Waals surface area contributed by atoms with Crippen molar-refractivity contribution in [3.8, 4) is 11.5 Å². The highest BCUT2D eigenvalue weighted by Crippen LogP contribution is 2.44. The van der Waals surface area contributed by atoms with Crippen LogP contribution < -0.4 is 14.4 Å². The highest BCUT2D eigenvalue weighted by molar-refractivity contribution is 8.00. The minimum absolute atomic E-state index is 0.0335. The standard InChI is InChI=1S/C23H19ClFNO3S/c1-28-21-12-15(6-11-20(21)29-13-16-4-2-3-5-19(16)25)23-26(22(27)14-30-23)18-9-7-17(24)8-10-18/h2-12,23H,13-14H2,1H3/t23-/m1/s1. The molecular weight excluding hydrogens is 425 g/mol. The van der Waals surface area contributed by atoms with E-state index in [4.69, 9.17) is 21.1 Å². The number of hydrogen-bond donors (Lipinski definition) is 0. The third kappa shape index (κ3) is 4.25. The molecule has 0 saturated carbocycles. The SMILES string of the molecule is COc1cc([C@H]2SCC(=O)N2c2ccc(Cl)cc2)ccc1OCc1ccccc1F. The molecule has 0 aliphatic carbocycles. The van der Waals surface area contributed by atoms with Crippen LogP contribution in [-0.2, 0) is 11.4 Å². The predicted octanol–water partition coefficient (Wildman–Crippen LogP) is 5.85. The van der Waals surface area contributed by atoms with Crippen LogP contribution in [0.2, 0.25) is 5.02 Å². The van der Waals surface area contributed by atoms with E-state index in [1.54, 1.807) is 60.2 Å². The van der Waals surface area contributed by atoms with Crippen molar-refractivity contribution in [3.63, 3.8) is 0 Å². The first-order valence-electron chi connectivity index (χ1n) is 9.30. The summed E-state index contributed by atoms with van der Waals surface area (Å²) in [6.07, 6.45) is 0. The number of hydrogen-bond acceptors (Lipinski definition) is 4. The largest absolute Gasteiger partial charge is 0.493 e. The lowest BCUT2D eigenvalue weighted by atomic mass is 10.1. The molecule has 7 heteroatoms. The number of anilines is 1. The minimum atomic E-state index is -0.312. The summed E-state index contributed by atoms with van der Waals surface area (Å²) >= 11 is 7.53. The molecule has 3 aromatic carbocycles. The van der Waals surface area contributed by atoms with Crippen molar-refractivity contribution in [2.45, 2.75) is 12.0 Å². The maximum atomic E-state index is 13.8. The van der Waals surface area contributed by atoms with Crippen molar-refractivity contribution in [1.82, 2.24) is 0 Å². The fraction of sp³-hybridized carbons (Fsp3) is 0.174. The Labute approximate surface area is 183 Å². The molecule has 4 rings (SSSR count). The Kier molecular flexibility index (Phi) is 6.16. The van der Waals surface area contributed by atoms with Crippen LogP contribution in [0.1, 0.15) is 16.5 Å². The van der Waals surface area contributed by atoms with Gasteiger partial charge in [0.2, 0.25) is 5.91 Å². The van der Waals surface area contributed by atoms with Gasteiger partial charge in [-0.15, -0.1) is 11.8 Å². The van der Waals surface area contributed by atoms with Crippen LogP contribution in [0.15, 0.2) is 66.7 Å². The lowest BCUT2D eigenvalue weighted by Crippen LogP contribution is -2.27. The number of carbonyl (C=O) groups excluding carboxylic acids is 1. The number of thioether (sulfide) groups is 1. The Balaban J connectivity index is 1.57. The van der Waals surface area contributed by atoms with E-state index in [1.165, 1.54) is 6.07 Å². The molecule has 0 bridgehead atoms. The van der Waals surface area contributed by atoms with Crippen molar-refractivity contribution in [1.29, 1.82) is 0 Å². The van der Waals surface area contributed by atoms with Crippen LogP contribution in [0.5, 0.6) is 11.5 Å². The molecular formula is C23H19ClFNO3S. The van der Waals surface area contributed by atoms with Gasteiger partial charge in [-0.3, -0.25) is 9.69 Å². The molecule has 0 unspecified atom stereocenters. The van der Waals surface area contributed by atoms with Crippen molar-refractivity contribution in [3.05, 3.63) is 88.7 Å². The zero-order chi connectivity index (χ0) is 21.1. The smallest absolute Gasteiger partial charge is 0.238 e. The van der Waals surface area contributed by atoms with Crippen LogP contribution in [-0.4, -0.2) is 18.8 Å².